The van der Waals surface area contributed by atoms with Crippen molar-refractivity contribution in [3.05, 3.63) is 46.3 Å². The van der Waals surface area contributed by atoms with Crippen molar-refractivity contribution >= 4 is 21.6 Å². The maximum atomic E-state index is 11.9. The van der Waals surface area contributed by atoms with Gasteiger partial charge in [-0.15, -0.1) is 11.3 Å². The molecule has 0 aliphatic rings. The van der Waals surface area contributed by atoms with Crippen molar-refractivity contribution < 1.29 is 5.11 Å². The van der Waals surface area contributed by atoms with Gasteiger partial charge in [0.05, 0.1) is 10.9 Å². The lowest BCUT2D eigenvalue weighted by Crippen LogP contribution is -2.08. The van der Waals surface area contributed by atoms with Gasteiger partial charge in [-0.2, -0.15) is 0 Å². The molecule has 17 heavy (non-hydrogen) atoms. The highest BCUT2D eigenvalue weighted by atomic mass is 32.1. The van der Waals surface area contributed by atoms with Crippen molar-refractivity contribution in [3.63, 3.8) is 0 Å². The zero-order valence-corrected chi connectivity index (χ0v) is 9.49. The van der Waals surface area contributed by atoms with E-state index in [-0.39, 0.29) is 11.3 Å². The van der Waals surface area contributed by atoms with Gasteiger partial charge in [0.25, 0.3) is 5.56 Å². The number of aromatic hydroxyl groups is 1. The van der Waals surface area contributed by atoms with Gasteiger partial charge < -0.3 is 10.1 Å². The molecule has 4 nitrogen and oxygen atoms in total. The zero-order chi connectivity index (χ0) is 11.8. The van der Waals surface area contributed by atoms with E-state index in [2.05, 4.69) is 9.97 Å². The van der Waals surface area contributed by atoms with Gasteiger partial charge in [-0.1, -0.05) is 0 Å². The molecule has 0 radical (unpaired) electrons. The number of aromatic amines is 1. The molecule has 3 aromatic heterocycles. The Morgan fingerprint density at radius 1 is 1.24 bits per heavy atom. The van der Waals surface area contributed by atoms with Gasteiger partial charge in [0, 0.05) is 12.4 Å². The molecule has 0 aliphatic heterocycles. The summed E-state index contributed by atoms with van der Waals surface area (Å²) in [6, 6.07) is 5.18. The van der Waals surface area contributed by atoms with E-state index in [1.54, 1.807) is 30.6 Å². The number of pyridine rings is 2. The maximum Gasteiger partial charge on any atom is 0.260 e. The molecule has 0 atom stereocenters. The Hall–Kier alpha value is -2.14. The van der Waals surface area contributed by atoms with Crippen molar-refractivity contribution in [3.8, 4) is 16.9 Å². The van der Waals surface area contributed by atoms with Crippen LogP contribution in [-0.4, -0.2) is 15.1 Å². The van der Waals surface area contributed by atoms with Gasteiger partial charge in [-0.25, -0.2) is 0 Å². The molecule has 3 rings (SSSR count). The largest absolute Gasteiger partial charge is 0.506 e. The summed E-state index contributed by atoms with van der Waals surface area (Å²) >= 11 is 1.39. The minimum absolute atomic E-state index is 0.0243. The first-order valence-corrected chi connectivity index (χ1v) is 5.88. The first-order valence-electron chi connectivity index (χ1n) is 5.00. The van der Waals surface area contributed by atoms with Gasteiger partial charge in [-0.3, -0.25) is 9.78 Å². The Labute approximate surface area is 100 Å². The third-order valence-electron chi connectivity index (χ3n) is 2.58. The molecule has 0 aromatic carbocycles. The first-order chi connectivity index (χ1) is 8.27. The number of H-pyrrole nitrogens is 1. The van der Waals surface area contributed by atoms with E-state index in [9.17, 15) is 9.90 Å². The standard InChI is InChI=1S/C12H8N2O2S/c15-10-8-3-6-17-12(8)14-11(16)9(10)7-1-4-13-5-2-7/h1-6H,(H2,14,15,16). The quantitative estimate of drug-likeness (QED) is 0.690. The second-order valence-corrected chi connectivity index (χ2v) is 4.49. The summed E-state index contributed by atoms with van der Waals surface area (Å²) in [7, 11) is 0. The van der Waals surface area contributed by atoms with E-state index in [4.69, 9.17) is 0 Å². The summed E-state index contributed by atoms with van der Waals surface area (Å²) in [6.45, 7) is 0. The van der Waals surface area contributed by atoms with Crippen LogP contribution in [0.1, 0.15) is 0 Å². The van der Waals surface area contributed by atoms with E-state index >= 15 is 0 Å². The van der Waals surface area contributed by atoms with Crippen molar-refractivity contribution in [2.24, 2.45) is 0 Å². The smallest absolute Gasteiger partial charge is 0.260 e. The van der Waals surface area contributed by atoms with Gasteiger partial charge in [0.1, 0.15) is 10.6 Å². The number of hydrogen-bond acceptors (Lipinski definition) is 4. The fraction of sp³-hybridized carbons (Fsp3) is 0. The number of nitrogens with one attached hydrogen (secondary N) is 1. The van der Waals surface area contributed by atoms with E-state index in [0.717, 1.165) is 0 Å². The number of fused-ring (bicyclic) bond motifs is 1. The average Bonchev–Trinajstić information content (AvgIpc) is 2.78. The molecule has 2 N–H and O–H groups in total. The number of hydrogen-bond donors (Lipinski definition) is 2. The van der Waals surface area contributed by atoms with Crippen LogP contribution in [0.5, 0.6) is 5.75 Å². The predicted octanol–water partition coefficient (Wildman–Crippen LogP) is 2.36. The van der Waals surface area contributed by atoms with Gasteiger partial charge >= 0.3 is 0 Å². The number of nitrogens with zero attached hydrogens (tertiary/aromatic N) is 1. The molecular weight excluding hydrogens is 236 g/mol. The van der Waals surface area contributed by atoms with E-state index in [1.165, 1.54) is 11.3 Å². The molecule has 0 fully saturated rings. The summed E-state index contributed by atoms with van der Waals surface area (Å²) in [5.74, 6) is 0.0243. The molecule has 0 bridgehead atoms. The van der Waals surface area contributed by atoms with Crippen molar-refractivity contribution in [1.29, 1.82) is 0 Å². The molecule has 0 aliphatic carbocycles. The van der Waals surface area contributed by atoms with E-state index in [0.29, 0.717) is 21.3 Å². The summed E-state index contributed by atoms with van der Waals surface area (Å²) in [5.41, 5.74) is 0.661. The van der Waals surface area contributed by atoms with E-state index in [1.807, 2.05) is 5.38 Å². The van der Waals surface area contributed by atoms with Crippen LogP contribution < -0.4 is 5.56 Å². The van der Waals surface area contributed by atoms with Crippen LogP contribution in [0, 0.1) is 0 Å². The molecule has 3 aromatic rings. The highest BCUT2D eigenvalue weighted by Gasteiger charge is 2.13. The van der Waals surface area contributed by atoms with Gasteiger partial charge in [-0.05, 0) is 29.1 Å². The first kappa shape index (κ1) is 10.0. The summed E-state index contributed by atoms with van der Waals surface area (Å²) < 4.78 is 0. The number of thiophene rings is 1. The van der Waals surface area contributed by atoms with E-state index < -0.39 is 0 Å². The molecule has 84 valence electrons. The normalized spacial score (nSPS) is 10.8. The molecule has 5 heteroatoms. The number of aromatic nitrogens is 2. The Kier molecular flexibility index (Phi) is 2.19. The lowest BCUT2D eigenvalue weighted by molar-refractivity contribution is 0.482. The summed E-state index contributed by atoms with van der Waals surface area (Å²) in [4.78, 5) is 19.3. The Bertz CT molecular complexity index is 731. The molecule has 0 saturated carbocycles. The van der Waals surface area contributed by atoms with Crippen LogP contribution in [0.4, 0.5) is 0 Å². The van der Waals surface area contributed by atoms with Crippen LogP contribution in [0.25, 0.3) is 21.3 Å². The van der Waals surface area contributed by atoms with Gasteiger partial charge in [0.2, 0.25) is 0 Å². The Morgan fingerprint density at radius 3 is 2.76 bits per heavy atom. The molecule has 3 heterocycles. The van der Waals surface area contributed by atoms with Crippen molar-refractivity contribution in [2.75, 3.05) is 0 Å². The fourth-order valence-corrected chi connectivity index (χ4v) is 2.57. The van der Waals surface area contributed by atoms with Crippen LogP contribution in [0.3, 0.4) is 0 Å². The second-order valence-electron chi connectivity index (χ2n) is 3.58. The highest BCUT2D eigenvalue weighted by Crippen LogP contribution is 2.33. The predicted molar refractivity (Wildman–Crippen MR) is 67.3 cm³/mol. The second kappa shape index (κ2) is 3.71. The minimum atomic E-state index is -0.288. The molecule has 0 saturated heterocycles. The third kappa shape index (κ3) is 1.52. The SMILES string of the molecule is O=c1[nH]c2sccc2c(O)c1-c1ccncc1. The van der Waals surface area contributed by atoms with Crippen LogP contribution in [0.15, 0.2) is 40.8 Å². The Balaban J connectivity index is 2.40. The van der Waals surface area contributed by atoms with Crippen LogP contribution in [0.2, 0.25) is 0 Å². The van der Waals surface area contributed by atoms with Gasteiger partial charge in [0.15, 0.2) is 0 Å². The number of rotatable bonds is 1. The van der Waals surface area contributed by atoms with Crippen LogP contribution >= 0.6 is 11.3 Å². The molecule has 0 unspecified atom stereocenters. The lowest BCUT2D eigenvalue weighted by atomic mass is 10.1. The monoisotopic (exact) mass is 244 g/mol. The molecule has 0 spiro atoms. The molecule has 0 amide bonds. The maximum absolute atomic E-state index is 11.9. The summed E-state index contributed by atoms with van der Waals surface area (Å²) in [5, 5.41) is 12.6. The lowest BCUT2D eigenvalue weighted by Gasteiger charge is -2.04. The third-order valence-corrected chi connectivity index (χ3v) is 3.41. The topological polar surface area (TPSA) is 66.0 Å². The van der Waals surface area contributed by atoms with Crippen molar-refractivity contribution in [2.45, 2.75) is 0 Å². The Morgan fingerprint density at radius 2 is 2.00 bits per heavy atom. The summed E-state index contributed by atoms with van der Waals surface area (Å²) in [6.07, 6.45) is 3.18. The zero-order valence-electron chi connectivity index (χ0n) is 8.68. The average molecular weight is 244 g/mol. The minimum Gasteiger partial charge on any atom is -0.506 e. The molecular formula is C12H8N2O2S. The van der Waals surface area contributed by atoms with Crippen LogP contribution in [-0.2, 0) is 0 Å². The van der Waals surface area contributed by atoms with Crippen molar-refractivity contribution in [1.82, 2.24) is 9.97 Å². The fourth-order valence-electron chi connectivity index (χ4n) is 1.79. The highest BCUT2D eigenvalue weighted by molar-refractivity contribution is 7.16.